The molecule has 1 fully saturated rings. The van der Waals surface area contributed by atoms with E-state index in [1.54, 1.807) is 29.2 Å². The van der Waals surface area contributed by atoms with E-state index in [9.17, 15) is 14.7 Å². The summed E-state index contributed by atoms with van der Waals surface area (Å²) in [5.74, 6) is -0.903. The number of methoxy groups -OCH3 is 1. The van der Waals surface area contributed by atoms with Gasteiger partial charge in [-0.3, -0.25) is 9.59 Å². The Morgan fingerprint density at radius 2 is 1.83 bits per heavy atom. The van der Waals surface area contributed by atoms with Gasteiger partial charge in [0.15, 0.2) is 0 Å². The number of aliphatic hydroxyl groups is 1. The molecule has 1 aliphatic rings. The number of amides is 1. The molecule has 1 amide bonds. The number of carbonyl (C=O) groups is 2. The van der Waals surface area contributed by atoms with Crippen molar-refractivity contribution in [2.45, 2.75) is 13.0 Å². The van der Waals surface area contributed by atoms with Crippen LogP contribution in [0, 0.1) is 6.92 Å². The fourth-order valence-corrected chi connectivity index (χ4v) is 3.44. The van der Waals surface area contributed by atoms with E-state index in [-0.39, 0.29) is 11.3 Å². The molecule has 1 unspecified atom stereocenters. The van der Waals surface area contributed by atoms with E-state index in [4.69, 9.17) is 4.74 Å². The first-order chi connectivity index (χ1) is 13.8. The molecule has 0 radical (unpaired) electrons. The maximum absolute atomic E-state index is 12.9. The summed E-state index contributed by atoms with van der Waals surface area (Å²) in [6.07, 6.45) is 0. The topological polar surface area (TPSA) is 70.1 Å². The minimum absolute atomic E-state index is 0.103. The highest BCUT2D eigenvalue weighted by Crippen LogP contribution is 2.39. The molecule has 0 aliphatic carbocycles. The van der Waals surface area contributed by atoms with E-state index in [0.717, 1.165) is 11.1 Å². The number of benzene rings is 2. The molecule has 29 heavy (non-hydrogen) atoms. The largest absolute Gasteiger partial charge is 0.507 e. The summed E-state index contributed by atoms with van der Waals surface area (Å²) in [5, 5.41) is 11.0. The monoisotopic (exact) mass is 394 g/mol. The number of Topliss-reactive ketones (excluding diaryl/α,β-unsaturated/α-hetero) is 1. The van der Waals surface area contributed by atoms with Crippen molar-refractivity contribution in [3.05, 3.63) is 70.8 Å². The summed E-state index contributed by atoms with van der Waals surface area (Å²) in [5.41, 5.74) is 2.41. The summed E-state index contributed by atoms with van der Waals surface area (Å²) in [7, 11) is 5.35. The van der Waals surface area contributed by atoms with E-state index >= 15 is 0 Å². The summed E-state index contributed by atoms with van der Waals surface area (Å²) >= 11 is 0. The minimum atomic E-state index is -0.672. The van der Waals surface area contributed by atoms with E-state index in [1.165, 1.54) is 7.11 Å². The molecular formula is C23H26N2O4. The number of nitrogens with zero attached hydrogens (tertiary/aromatic N) is 2. The van der Waals surface area contributed by atoms with Crippen LogP contribution in [0.2, 0.25) is 0 Å². The van der Waals surface area contributed by atoms with Crippen molar-refractivity contribution in [1.82, 2.24) is 9.80 Å². The predicted octanol–water partition coefficient (Wildman–Crippen LogP) is 2.99. The zero-order valence-corrected chi connectivity index (χ0v) is 17.2. The average Bonchev–Trinajstić information content (AvgIpc) is 2.97. The Kier molecular flexibility index (Phi) is 6.03. The number of likely N-dealkylation sites (N-methyl/N-ethyl adjacent to an activating group) is 1. The molecule has 1 saturated heterocycles. The molecule has 2 aromatic carbocycles. The highest BCUT2D eigenvalue weighted by molar-refractivity contribution is 6.46. The van der Waals surface area contributed by atoms with Crippen LogP contribution in [0.5, 0.6) is 5.75 Å². The van der Waals surface area contributed by atoms with E-state index < -0.39 is 17.7 Å². The summed E-state index contributed by atoms with van der Waals surface area (Å²) in [6, 6.07) is 13.9. The number of aryl methyl sites for hydroxylation is 1. The SMILES string of the molecule is COc1cccc(C(O)=C2C(=O)C(=O)N(CCN(C)C)C2c2ccc(C)cc2)c1. The lowest BCUT2D eigenvalue weighted by Gasteiger charge is -2.26. The first-order valence-electron chi connectivity index (χ1n) is 9.47. The van der Waals surface area contributed by atoms with Crippen LogP contribution in [0.3, 0.4) is 0 Å². The smallest absolute Gasteiger partial charge is 0.295 e. The van der Waals surface area contributed by atoms with Crippen molar-refractivity contribution < 1.29 is 19.4 Å². The van der Waals surface area contributed by atoms with Crippen LogP contribution >= 0.6 is 0 Å². The van der Waals surface area contributed by atoms with Gasteiger partial charge in [0.2, 0.25) is 0 Å². The van der Waals surface area contributed by atoms with Gasteiger partial charge >= 0.3 is 0 Å². The van der Waals surface area contributed by atoms with Crippen molar-refractivity contribution in [2.75, 3.05) is 34.3 Å². The molecule has 2 aromatic rings. The lowest BCUT2D eigenvalue weighted by molar-refractivity contribution is -0.140. The third kappa shape index (κ3) is 4.17. The minimum Gasteiger partial charge on any atom is -0.507 e. The molecule has 0 aromatic heterocycles. The van der Waals surface area contributed by atoms with Crippen LogP contribution in [0.25, 0.3) is 5.76 Å². The second-order valence-electron chi connectivity index (χ2n) is 7.44. The summed E-state index contributed by atoms with van der Waals surface area (Å²) in [6.45, 7) is 2.96. The quantitative estimate of drug-likeness (QED) is 0.463. The first-order valence-corrected chi connectivity index (χ1v) is 9.47. The third-order valence-corrected chi connectivity index (χ3v) is 5.06. The molecule has 0 spiro atoms. The van der Waals surface area contributed by atoms with Gasteiger partial charge in [0.25, 0.3) is 11.7 Å². The molecule has 0 saturated carbocycles. The summed E-state index contributed by atoms with van der Waals surface area (Å²) in [4.78, 5) is 29.2. The van der Waals surface area contributed by atoms with Gasteiger partial charge in [-0.25, -0.2) is 0 Å². The van der Waals surface area contributed by atoms with E-state index in [1.807, 2.05) is 50.2 Å². The molecule has 152 valence electrons. The third-order valence-electron chi connectivity index (χ3n) is 5.06. The van der Waals surface area contributed by atoms with Gasteiger partial charge in [0.05, 0.1) is 18.7 Å². The highest BCUT2D eigenvalue weighted by atomic mass is 16.5. The van der Waals surface area contributed by atoms with E-state index in [2.05, 4.69) is 0 Å². The Morgan fingerprint density at radius 3 is 2.45 bits per heavy atom. The normalized spacial score (nSPS) is 18.5. The molecule has 1 heterocycles. The van der Waals surface area contributed by atoms with Crippen LogP contribution < -0.4 is 4.74 Å². The molecule has 3 rings (SSSR count). The lowest BCUT2D eigenvalue weighted by Crippen LogP contribution is -2.35. The van der Waals surface area contributed by atoms with Gasteiger partial charge < -0.3 is 19.6 Å². The Labute approximate surface area is 171 Å². The van der Waals surface area contributed by atoms with Gasteiger partial charge in [-0.1, -0.05) is 42.0 Å². The highest BCUT2D eigenvalue weighted by Gasteiger charge is 2.45. The second-order valence-corrected chi connectivity index (χ2v) is 7.44. The molecule has 1 aliphatic heterocycles. The number of hydrogen-bond donors (Lipinski definition) is 1. The van der Waals surface area contributed by atoms with Gasteiger partial charge in [-0.05, 0) is 38.7 Å². The molecule has 1 N–H and O–H groups in total. The van der Waals surface area contributed by atoms with Crippen molar-refractivity contribution in [3.8, 4) is 5.75 Å². The van der Waals surface area contributed by atoms with Crippen LogP contribution in [0.15, 0.2) is 54.1 Å². The van der Waals surface area contributed by atoms with Crippen LogP contribution in [0.1, 0.15) is 22.7 Å². The fourth-order valence-electron chi connectivity index (χ4n) is 3.44. The zero-order chi connectivity index (χ0) is 21.1. The molecular weight excluding hydrogens is 368 g/mol. The van der Waals surface area contributed by atoms with Gasteiger partial charge in [0.1, 0.15) is 11.5 Å². The Balaban J connectivity index is 2.14. The number of ether oxygens (including phenoxy) is 1. The Bertz CT molecular complexity index is 948. The lowest BCUT2D eigenvalue weighted by atomic mass is 9.94. The number of likely N-dealkylation sites (tertiary alicyclic amines) is 1. The second kappa shape index (κ2) is 8.49. The van der Waals surface area contributed by atoms with Crippen molar-refractivity contribution >= 4 is 17.4 Å². The molecule has 6 heteroatoms. The van der Waals surface area contributed by atoms with Crippen molar-refractivity contribution in [2.24, 2.45) is 0 Å². The zero-order valence-electron chi connectivity index (χ0n) is 17.2. The number of carbonyl (C=O) groups excluding carboxylic acids is 2. The van der Waals surface area contributed by atoms with Gasteiger partial charge in [-0.15, -0.1) is 0 Å². The maximum atomic E-state index is 12.9. The maximum Gasteiger partial charge on any atom is 0.295 e. The number of rotatable bonds is 6. The van der Waals surface area contributed by atoms with Crippen molar-refractivity contribution in [1.29, 1.82) is 0 Å². The molecule has 1 atom stereocenters. The number of aliphatic hydroxyl groups excluding tert-OH is 1. The van der Waals surface area contributed by atoms with Crippen LogP contribution in [0.4, 0.5) is 0 Å². The first kappa shape index (κ1) is 20.6. The molecule has 6 nitrogen and oxygen atoms in total. The standard InChI is InChI=1S/C23H26N2O4/c1-15-8-10-16(11-9-15)20-19(21(26)17-6-5-7-18(14-17)29-4)22(27)23(28)25(20)13-12-24(2)3/h5-11,14,20,26H,12-13H2,1-4H3. The van der Waals surface area contributed by atoms with Gasteiger partial charge in [0, 0.05) is 18.7 Å². The fraction of sp³-hybridized carbons (Fsp3) is 0.304. The van der Waals surface area contributed by atoms with Crippen LogP contribution in [-0.4, -0.2) is 60.9 Å². The molecule has 0 bridgehead atoms. The number of ketones is 1. The Morgan fingerprint density at radius 1 is 1.14 bits per heavy atom. The van der Waals surface area contributed by atoms with Crippen LogP contribution in [-0.2, 0) is 9.59 Å². The van der Waals surface area contributed by atoms with Crippen molar-refractivity contribution in [3.63, 3.8) is 0 Å². The number of hydrogen-bond acceptors (Lipinski definition) is 5. The predicted molar refractivity (Wildman–Crippen MR) is 112 cm³/mol. The average molecular weight is 394 g/mol. The Hall–Kier alpha value is -3.12. The summed E-state index contributed by atoms with van der Waals surface area (Å²) < 4.78 is 5.22. The van der Waals surface area contributed by atoms with E-state index in [0.29, 0.717) is 24.4 Å². The van der Waals surface area contributed by atoms with Gasteiger partial charge in [-0.2, -0.15) is 0 Å².